The van der Waals surface area contributed by atoms with E-state index in [0.29, 0.717) is 33.6 Å². The molecule has 1 aliphatic carbocycles. The average molecular weight is 495 g/mol. The number of carbonyl (C=O) groups is 1. The summed E-state index contributed by atoms with van der Waals surface area (Å²) in [4.78, 5) is 48.7. The van der Waals surface area contributed by atoms with Crippen LogP contribution in [0.25, 0.3) is 22.5 Å². The summed E-state index contributed by atoms with van der Waals surface area (Å²) in [6.07, 6.45) is 1.90. The van der Waals surface area contributed by atoms with Crippen LogP contribution >= 0.6 is 11.6 Å². The van der Waals surface area contributed by atoms with E-state index < -0.39 is 17.2 Å². The molecule has 35 heavy (non-hydrogen) atoms. The van der Waals surface area contributed by atoms with Crippen LogP contribution in [0.2, 0.25) is 5.02 Å². The molecule has 0 radical (unpaired) electrons. The number of pyridine rings is 1. The van der Waals surface area contributed by atoms with Crippen molar-refractivity contribution in [2.75, 3.05) is 6.61 Å². The lowest BCUT2D eigenvalue weighted by Crippen LogP contribution is -2.40. The molecule has 0 bridgehead atoms. The third kappa shape index (κ3) is 4.16. The van der Waals surface area contributed by atoms with Crippen molar-refractivity contribution in [3.63, 3.8) is 0 Å². The van der Waals surface area contributed by atoms with Gasteiger partial charge in [-0.15, -0.1) is 0 Å². The van der Waals surface area contributed by atoms with Gasteiger partial charge < -0.3 is 9.15 Å². The smallest absolute Gasteiger partial charge is 0.339 e. The minimum atomic E-state index is -0.628. The fraction of sp³-hybridized carbons (Fsp3) is 0.320. The molecule has 0 amide bonds. The second kappa shape index (κ2) is 8.81. The summed E-state index contributed by atoms with van der Waals surface area (Å²) in [5.41, 5.74) is 0.921. The highest BCUT2D eigenvalue weighted by molar-refractivity contribution is 6.30. The van der Waals surface area contributed by atoms with Gasteiger partial charge in [-0.1, -0.05) is 11.6 Å². The van der Waals surface area contributed by atoms with Crippen LogP contribution in [0.3, 0.4) is 0 Å². The lowest BCUT2D eigenvalue weighted by atomic mass is 10.1. The van der Waals surface area contributed by atoms with E-state index in [1.165, 1.54) is 11.6 Å². The summed E-state index contributed by atoms with van der Waals surface area (Å²) in [5.74, 6) is 0.417. The van der Waals surface area contributed by atoms with Crippen molar-refractivity contribution in [3.05, 3.63) is 78.9 Å². The minimum absolute atomic E-state index is 0.0500. The Labute approximate surface area is 205 Å². The third-order valence-electron chi connectivity index (χ3n) is 6.10. The quantitative estimate of drug-likeness (QED) is 0.375. The van der Waals surface area contributed by atoms with Crippen LogP contribution in [-0.4, -0.2) is 31.7 Å². The van der Waals surface area contributed by atoms with Crippen molar-refractivity contribution in [1.29, 1.82) is 0 Å². The van der Waals surface area contributed by atoms with Crippen molar-refractivity contribution >= 4 is 28.6 Å². The number of esters is 1. The van der Waals surface area contributed by atoms with Crippen LogP contribution in [0, 0.1) is 6.92 Å². The normalized spacial score (nSPS) is 13.4. The zero-order valence-corrected chi connectivity index (χ0v) is 20.3. The molecular weight excluding hydrogens is 472 g/mol. The summed E-state index contributed by atoms with van der Waals surface area (Å²) < 4.78 is 13.3. The standard InChI is InChI=1S/C25H23ClN4O5/c1-4-34-24(32)17-11-18(14-5-6-14)27-21-20(17)23(31)30(25(33)29(21)3)12-19-13(2)35-22(28-19)15-7-9-16(26)10-8-15/h7-11,14H,4-6,12H2,1-3H3. The Balaban J connectivity index is 1.65. The Kier molecular flexibility index (Phi) is 5.80. The van der Waals surface area contributed by atoms with E-state index in [2.05, 4.69) is 9.97 Å². The van der Waals surface area contributed by atoms with Crippen molar-refractivity contribution in [3.8, 4) is 11.5 Å². The number of hydrogen-bond donors (Lipinski definition) is 0. The molecule has 4 aromatic rings. The third-order valence-corrected chi connectivity index (χ3v) is 6.35. The maximum absolute atomic E-state index is 13.6. The Bertz CT molecular complexity index is 1580. The Morgan fingerprint density at radius 2 is 1.91 bits per heavy atom. The highest BCUT2D eigenvalue weighted by Gasteiger charge is 2.29. The van der Waals surface area contributed by atoms with E-state index >= 15 is 0 Å². The van der Waals surface area contributed by atoms with Gasteiger partial charge in [0.15, 0.2) is 0 Å². The first-order chi connectivity index (χ1) is 16.8. The van der Waals surface area contributed by atoms with E-state index in [0.717, 1.165) is 17.4 Å². The van der Waals surface area contributed by atoms with Crippen LogP contribution in [0.4, 0.5) is 0 Å². The maximum atomic E-state index is 13.6. The van der Waals surface area contributed by atoms with Crippen LogP contribution < -0.4 is 11.2 Å². The second-order valence-corrected chi connectivity index (χ2v) is 8.99. The molecule has 5 rings (SSSR count). The van der Waals surface area contributed by atoms with Crippen LogP contribution in [0.5, 0.6) is 0 Å². The van der Waals surface area contributed by atoms with Gasteiger partial charge in [-0.2, -0.15) is 0 Å². The first kappa shape index (κ1) is 23.0. The molecule has 0 unspecified atom stereocenters. The van der Waals surface area contributed by atoms with Gasteiger partial charge in [-0.05, 0) is 57.0 Å². The summed E-state index contributed by atoms with van der Waals surface area (Å²) in [7, 11) is 1.54. The first-order valence-corrected chi connectivity index (χ1v) is 11.7. The number of aromatic nitrogens is 4. The number of ether oxygens (including phenoxy) is 1. The lowest BCUT2D eigenvalue weighted by Gasteiger charge is -2.13. The number of fused-ring (bicyclic) bond motifs is 1. The minimum Gasteiger partial charge on any atom is -0.462 e. The number of nitrogens with zero attached hydrogens (tertiary/aromatic N) is 4. The van der Waals surface area contributed by atoms with Crippen LogP contribution in [-0.2, 0) is 18.3 Å². The maximum Gasteiger partial charge on any atom is 0.339 e. The van der Waals surface area contributed by atoms with Gasteiger partial charge in [0.1, 0.15) is 17.1 Å². The predicted octanol–water partition coefficient (Wildman–Crippen LogP) is 3.81. The molecule has 9 nitrogen and oxygen atoms in total. The van der Waals surface area contributed by atoms with E-state index in [9.17, 15) is 14.4 Å². The van der Waals surface area contributed by atoms with E-state index in [-0.39, 0.29) is 35.7 Å². The molecule has 1 fully saturated rings. The summed E-state index contributed by atoms with van der Waals surface area (Å²) in [6.45, 7) is 3.44. The van der Waals surface area contributed by atoms with Gasteiger partial charge in [-0.25, -0.2) is 19.6 Å². The second-order valence-electron chi connectivity index (χ2n) is 8.55. The van der Waals surface area contributed by atoms with Crippen LogP contribution in [0.15, 0.2) is 44.3 Å². The number of rotatable bonds is 6. The van der Waals surface area contributed by atoms with E-state index in [4.69, 9.17) is 20.8 Å². The molecule has 1 aliphatic rings. The Morgan fingerprint density at radius 3 is 2.57 bits per heavy atom. The largest absolute Gasteiger partial charge is 0.462 e. The lowest BCUT2D eigenvalue weighted by molar-refractivity contribution is 0.0528. The molecule has 0 saturated heterocycles. The molecule has 1 saturated carbocycles. The fourth-order valence-electron chi connectivity index (χ4n) is 4.04. The van der Waals surface area contributed by atoms with Gasteiger partial charge in [-0.3, -0.25) is 13.9 Å². The zero-order chi connectivity index (χ0) is 24.9. The topological polar surface area (TPSA) is 109 Å². The Hall–Kier alpha value is -3.72. The molecule has 0 N–H and O–H groups in total. The monoisotopic (exact) mass is 494 g/mol. The Morgan fingerprint density at radius 1 is 1.20 bits per heavy atom. The zero-order valence-electron chi connectivity index (χ0n) is 19.5. The number of oxazole rings is 1. The predicted molar refractivity (Wildman–Crippen MR) is 130 cm³/mol. The molecular formula is C25H23ClN4O5. The van der Waals surface area contributed by atoms with Crippen molar-refractivity contribution < 1.29 is 13.9 Å². The van der Waals surface area contributed by atoms with Crippen molar-refractivity contribution in [1.82, 2.24) is 19.1 Å². The first-order valence-electron chi connectivity index (χ1n) is 11.3. The van der Waals surface area contributed by atoms with Gasteiger partial charge in [0, 0.05) is 29.2 Å². The van der Waals surface area contributed by atoms with Gasteiger partial charge >= 0.3 is 11.7 Å². The molecule has 10 heteroatoms. The number of benzene rings is 1. The fourth-order valence-corrected chi connectivity index (χ4v) is 4.16. The summed E-state index contributed by atoms with van der Waals surface area (Å²) >= 11 is 5.96. The van der Waals surface area contributed by atoms with E-state index in [1.54, 1.807) is 44.2 Å². The van der Waals surface area contributed by atoms with Gasteiger partial charge in [0.2, 0.25) is 5.89 Å². The van der Waals surface area contributed by atoms with Gasteiger partial charge in [0.25, 0.3) is 5.56 Å². The summed E-state index contributed by atoms with van der Waals surface area (Å²) in [6, 6.07) is 8.61. The molecule has 3 heterocycles. The van der Waals surface area contributed by atoms with E-state index in [1.807, 2.05) is 0 Å². The molecule has 0 spiro atoms. The van der Waals surface area contributed by atoms with Crippen LogP contribution in [0.1, 0.15) is 53.2 Å². The molecule has 3 aromatic heterocycles. The highest BCUT2D eigenvalue weighted by Crippen LogP contribution is 2.40. The number of hydrogen-bond acceptors (Lipinski definition) is 7. The number of carbonyl (C=O) groups excluding carboxylic acids is 1. The van der Waals surface area contributed by atoms with Crippen molar-refractivity contribution in [2.45, 2.75) is 39.2 Å². The summed E-state index contributed by atoms with van der Waals surface area (Å²) in [5, 5.41) is 0.633. The number of halogens is 1. The highest BCUT2D eigenvalue weighted by atomic mass is 35.5. The van der Waals surface area contributed by atoms with Gasteiger partial charge in [0.05, 0.1) is 24.1 Å². The molecule has 180 valence electrons. The average Bonchev–Trinajstić information content (AvgIpc) is 3.63. The molecule has 1 aromatic carbocycles. The SMILES string of the molecule is CCOC(=O)c1cc(C2CC2)nc2c1c(=O)n(Cc1nc(-c3ccc(Cl)cc3)oc1C)c(=O)n2C. The van der Waals surface area contributed by atoms with Crippen molar-refractivity contribution in [2.24, 2.45) is 7.05 Å². The molecule has 0 aliphatic heterocycles. The number of aryl methyl sites for hydroxylation is 2. The molecule has 0 atom stereocenters.